The summed E-state index contributed by atoms with van der Waals surface area (Å²) in [6, 6.07) is 16.2. The van der Waals surface area contributed by atoms with E-state index in [0.29, 0.717) is 19.5 Å². The molecule has 0 spiro atoms. The van der Waals surface area contributed by atoms with Crippen LogP contribution in [0.5, 0.6) is 0 Å². The molecule has 1 aromatic carbocycles. The van der Waals surface area contributed by atoms with Gasteiger partial charge in [-0.15, -0.1) is 0 Å². The molecule has 4 rings (SSSR count). The molecule has 3 heterocycles. The molecule has 2 aromatic heterocycles. The number of nitrogens with one attached hydrogen (secondary N) is 1. The van der Waals surface area contributed by atoms with Gasteiger partial charge >= 0.3 is 0 Å². The summed E-state index contributed by atoms with van der Waals surface area (Å²) in [5, 5.41) is 14.3. The number of benzene rings is 1. The summed E-state index contributed by atoms with van der Waals surface area (Å²) < 4.78 is 2.01. The fourth-order valence-electron chi connectivity index (χ4n) is 4.07. The van der Waals surface area contributed by atoms with Gasteiger partial charge in [0, 0.05) is 32.4 Å². The number of hydrogen-bond acceptors (Lipinski definition) is 4. The second kappa shape index (κ2) is 8.76. The zero-order valence-corrected chi connectivity index (χ0v) is 16.6. The number of amides is 1. The number of likely N-dealkylation sites (tertiary alicyclic amines) is 1. The van der Waals surface area contributed by atoms with Crippen molar-refractivity contribution in [2.45, 2.75) is 37.8 Å². The van der Waals surface area contributed by atoms with Crippen LogP contribution in [0.15, 0.2) is 60.9 Å². The van der Waals surface area contributed by atoms with E-state index in [4.69, 9.17) is 0 Å². The van der Waals surface area contributed by atoms with Crippen molar-refractivity contribution in [1.29, 1.82) is 0 Å². The minimum absolute atomic E-state index is 0.151. The summed E-state index contributed by atoms with van der Waals surface area (Å²) in [4.78, 5) is 19.1. The second-order valence-electron chi connectivity index (χ2n) is 7.80. The van der Waals surface area contributed by atoms with E-state index in [9.17, 15) is 9.90 Å². The van der Waals surface area contributed by atoms with Crippen molar-refractivity contribution in [3.8, 4) is 0 Å². The lowest BCUT2D eigenvalue weighted by atomic mass is 9.91. The highest BCUT2D eigenvalue weighted by Crippen LogP contribution is 2.23. The third-order valence-corrected chi connectivity index (χ3v) is 5.66. The normalized spacial score (nSPS) is 19.8. The number of carbonyl (C=O) groups excluding carboxylic acids is 1. The third kappa shape index (κ3) is 4.49. The Morgan fingerprint density at radius 1 is 1.14 bits per heavy atom. The number of carbonyl (C=O) groups is 1. The first-order valence-corrected chi connectivity index (χ1v) is 10.3. The van der Waals surface area contributed by atoms with Crippen LogP contribution in [0.2, 0.25) is 0 Å². The Morgan fingerprint density at radius 3 is 2.83 bits per heavy atom. The van der Waals surface area contributed by atoms with Gasteiger partial charge in [-0.25, -0.2) is 4.98 Å². The van der Waals surface area contributed by atoms with E-state index in [1.807, 2.05) is 58.1 Å². The number of aliphatic hydroxyl groups is 1. The Labute approximate surface area is 171 Å². The molecule has 1 aliphatic heterocycles. The number of imidazole rings is 1. The predicted molar refractivity (Wildman–Crippen MR) is 112 cm³/mol. The van der Waals surface area contributed by atoms with E-state index in [2.05, 4.69) is 22.4 Å². The highest BCUT2D eigenvalue weighted by atomic mass is 16.3. The molecule has 1 atom stereocenters. The molecule has 1 amide bonds. The summed E-state index contributed by atoms with van der Waals surface area (Å²) >= 11 is 0. The number of pyridine rings is 1. The smallest absolute Gasteiger partial charge is 0.255 e. The topological polar surface area (TPSA) is 69.9 Å². The summed E-state index contributed by atoms with van der Waals surface area (Å²) in [6.07, 6.45) is 6.96. The maximum atomic E-state index is 12.9. The van der Waals surface area contributed by atoms with Gasteiger partial charge in [0.1, 0.15) is 5.65 Å². The molecular formula is C23H28N4O2. The maximum absolute atomic E-state index is 12.9. The van der Waals surface area contributed by atoms with Crippen molar-refractivity contribution in [3.05, 3.63) is 72.2 Å². The zero-order valence-electron chi connectivity index (χ0n) is 16.6. The Hall–Kier alpha value is -2.70. The fraction of sp³-hybridized carbons (Fsp3) is 0.391. The SMILES string of the molecule is O=C1N(CCCc2ccccc2)CCC[C@@]1(O)CNCc1cnc2ccccn12. The zero-order chi connectivity index (χ0) is 20.1. The van der Waals surface area contributed by atoms with E-state index >= 15 is 0 Å². The van der Waals surface area contributed by atoms with Crippen molar-refractivity contribution in [2.24, 2.45) is 0 Å². The Bertz CT molecular complexity index is 956. The van der Waals surface area contributed by atoms with Crippen LogP contribution in [0, 0.1) is 0 Å². The Balaban J connectivity index is 1.30. The molecule has 29 heavy (non-hydrogen) atoms. The van der Waals surface area contributed by atoms with Gasteiger partial charge in [-0.05, 0) is 43.4 Å². The largest absolute Gasteiger partial charge is 0.379 e. The van der Waals surface area contributed by atoms with E-state index in [1.165, 1.54) is 5.56 Å². The number of hydrogen-bond donors (Lipinski definition) is 2. The molecular weight excluding hydrogens is 364 g/mol. The molecule has 152 valence electrons. The number of nitrogens with zero attached hydrogens (tertiary/aromatic N) is 3. The van der Waals surface area contributed by atoms with Gasteiger partial charge in [-0.2, -0.15) is 0 Å². The van der Waals surface area contributed by atoms with E-state index < -0.39 is 5.60 Å². The Morgan fingerprint density at radius 2 is 1.97 bits per heavy atom. The van der Waals surface area contributed by atoms with Crippen LogP contribution < -0.4 is 5.32 Å². The van der Waals surface area contributed by atoms with Crippen LogP contribution in [0.3, 0.4) is 0 Å². The average Bonchev–Trinajstić information content (AvgIpc) is 3.15. The number of rotatable bonds is 8. The van der Waals surface area contributed by atoms with Crippen LogP contribution in [-0.2, 0) is 17.8 Å². The van der Waals surface area contributed by atoms with Gasteiger partial charge in [-0.3, -0.25) is 4.79 Å². The number of fused-ring (bicyclic) bond motifs is 1. The van der Waals surface area contributed by atoms with Crippen LogP contribution in [0.1, 0.15) is 30.5 Å². The van der Waals surface area contributed by atoms with E-state index in [0.717, 1.165) is 37.1 Å². The summed E-state index contributed by atoms with van der Waals surface area (Å²) in [7, 11) is 0. The average molecular weight is 393 g/mol. The number of aryl methyl sites for hydroxylation is 1. The molecule has 0 bridgehead atoms. The monoisotopic (exact) mass is 392 g/mol. The van der Waals surface area contributed by atoms with Gasteiger partial charge in [0.15, 0.2) is 5.60 Å². The van der Waals surface area contributed by atoms with Gasteiger partial charge in [0.2, 0.25) is 0 Å². The van der Waals surface area contributed by atoms with Crippen molar-refractivity contribution in [2.75, 3.05) is 19.6 Å². The summed E-state index contributed by atoms with van der Waals surface area (Å²) in [6.45, 7) is 2.21. The maximum Gasteiger partial charge on any atom is 0.255 e. The predicted octanol–water partition coefficient (Wildman–Crippen LogP) is 2.41. The highest BCUT2D eigenvalue weighted by Gasteiger charge is 2.41. The lowest BCUT2D eigenvalue weighted by molar-refractivity contribution is -0.156. The lowest BCUT2D eigenvalue weighted by Crippen LogP contribution is -2.58. The molecule has 6 heteroatoms. The molecule has 2 N–H and O–H groups in total. The van der Waals surface area contributed by atoms with Crippen molar-refractivity contribution >= 4 is 11.6 Å². The van der Waals surface area contributed by atoms with E-state index in [-0.39, 0.29) is 12.5 Å². The minimum Gasteiger partial charge on any atom is -0.379 e. The first-order chi connectivity index (χ1) is 14.2. The first-order valence-electron chi connectivity index (χ1n) is 10.3. The molecule has 0 aliphatic carbocycles. The van der Waals surface area contributed by atoms with Crippen LogP contribution in [0.4, 0.5) is 0 Å². The fourth-order valence-corrected chi connectivity index (χ4v) is 4.07. The molecule has 1 saturated heterocycles. The summed E-state index contributed by atoms with van der Waals surface area (Å²) in [5.74, 6) is -0.151. The minimum atomic E-state index is -1.33. The van der Waals surface area contributed by atoms with Crippen molar-refractivity contribution in [1.82, 2.24) is 19.6 Å². The van der Waals surface area contributed by atoms with Gasteiger partial charge < -0.3 is 19.7 Å². The van der Waals surface area contributed by atoms with Crippen molar-refractivity contribution in [3.63, 3.8) is 0 Å². The quantitative estimate of drug-likeness (QED) is 0.618. The molecule has 0 radical (unpaired) electrons. The molecule has 0 unspecified atom stereocenters. The molecule has 0 saturated carbocycles. The summed E-state index contributed by atoms with van der Waals surface area (Å²) in [5.41, 5.74) is 1.85. The van der Waals surface area contributed by atoms with Gasteiger partial charge in [0.05, 0.1) is 11.9 Å². The third-order valence-electron chi connectivity index (χ3n) is 5.66. The number of aromatic nitrogens is 2. The van der Waals surface area contributed by atoms with Crippen LogP contribution in [-0.4, -0.2) is 50.5 Å². The highest BCUT2D eigenvalue weighted by molar-refractivity contribution is 5.86. The first kappa shape index (κ1) is 19.6. The van der Waals surface area contributed by atoms with E-state index in [1.54, 1.807) is 0 Å². The number of piperidine rings is 1. The van der Waals surface area contributed by atoms with Crippen LogP contribution >= 0.6 is 0 Å². The molecule has 6 nitrogen and oxygen atoms in total. The van der Waals surface area contributed by atoms with Crippen LogP contribution in [0.25, 0.3) is 5.65 Å². The molecule has 1 aliphatic rings. The second-order valence-corrected chi connectivity index (χ2v) is 7.80. The standard InChI is InChI=1S/C23H28N4O2/c28-22-23(29,18-24-16-20-17-25-21-11-4-5-15-27(20)21)12-7-14-26(22)13-6-10-19-8-2-1-3-9-19/h1-5,8-9,11,15,17,24,29H,6-7,10,12-14,16,18H2/t23-/m1/s1. The van der Waals surface area contributed by atoms with Gasteiger partial charge in [-0.1, -0.05) is 36.4 Å². The molecule has 1 fully saturated rings. The van der Waals surface area contributed by atoms with Gasteiger partial charge in [0.25, 0.3) is 5.91 Å². The lowest BCUT2D eigenvalue weighted by Gasteiger charge is -2.38. The van der Waals surface area contributed by atoms with Crippen molar-refractivity contribution < 1.29 is 9.90 Å². The molecule has 3 aromatic rings. The Kier molecular flexibility index (Phi) is 5.92.